The normalized spacial score (nSPS) is 25.9. The number of rotatable bonds is 5. The molecule has 94 valence electrons. The lowest BCUT2D eigenvalue weighted by molar-refractivity contribution is -0.125. The van der Waals surface area contributed by atoms with Crippen molar-refractivity contribution >= 4 is 18.3 Å². The summed E-state index contributed by atoms with van der Waals surface area (Å²) < 4.78 is 5.14. The van der Waals surface area contributed by atoms with Crippen LogP contribution in [0.25, 0.3) is 0 Å². The summed E-state index contributed by atoms with van der Waals surface area (Å²) in [4.78, 5) is 11.9. The van der Waals surface area contributed by atoms with Gasteiger partial charge in [-0.25, -0.2) is 0 Å². The molecule has 1 saturated carbocycles. The van der Waals surface area contributed by atoms with E-state index in [9.17, 15) is 4.79 Å². The molecular weight excluding hydrogens is 228 g/mol. The number of halogens is 1. The van der Waals surface area contributed by atoms with Gasteiger partial charge in [0.05, 0.1) is 18.6 Å². The largest absolute Gasteiger partial charge is 0.383 e. The van der Waals surface area contributed by atoms with Gasteiger partial charge in [0.15, 0.2) is 0 Å². The number of nitrogens with one attached hydrogen (secondary N) is 2. The standard InChI is InChI=1S/C11H20N2O2.ClH/c1-15-7-10(8-2-3-8)13-11(14)9-4-5-12-6-9;/h8-10,12H,2-7H2,1H3,(H,13,14);1H/t9-,10?;/m0./s1. The molecule has 0 aromatic rings. The molecule has 0 radical (unpaired) electrons. The van der Waals surface area contributed by atoms with Crippen LogP contribution >= 0.6 is 12.4 Å². The number of carbonyl (C=O) groups excluding carboxylic acids is 1. The Morgan fingerprint density at radius 3 is 2.75 bits per heavy atom. The minimum atomic E-state index is 0. The fourth-order valence-electron chi connectivity index (χ4n) is 2.15. The van der Waals surface area contributed by atoms with Crippen molar-refractivity contribution in [2.45, 2.75) is 25.3 Å². The van der Waals surface area contributed by atoms with E-state index in [0.717, 1.165) is 19.5 Å². The highest BCUT2D eigenvalue weighted by molar-refractivity contribution is 5.85. The molecule has 0 bridgehead atoms. The number of carbonyl (C=O) groups is 1. The van der Waals surface area contributed by atoms with Gasteiger partial charge in [-0.05, 0) is 31.7 Å². The predicted molar refractivity (Wildman–Crippen MR) is 64.8 cm³/mol. The van der Waals surface area contributed by atoms with E-state index >= 15 is 0 Å². The highest BCUT2D eigenvalue weighted by Gasteiger charge is 2.34. The molecule has 1 aliphatic heterocycles. The number of methoxy groups -OCH3 is 1. The average molecular weight is 249 g/mol. The van der Waals surface area contributed by atoms with E-state index in [2.05, 4.69) is 10.6 Å². The molecule has 0 aromatic heterocycles. The molecule has 4 nitrogen and oxygen atoms in total. The molecule has 1 aliphatic carbocycles. The maximum absolute atomic E-state index is 11.9. The van der Waals surface area contributed by atoms with Crippen LogP contribution < -0.4 is 10.6 Å². The van der Waals surface area contributed by atoms with Crippen molar-refractivity contribution in [3.8, 4) is 0 Å². The van der Waals surface area contributed by atoms with Crippen molar-refractivity contribution < 1.29 is 9.53 Å². The van der Waals surface area contributed by atoms with E-state index in [1.807, 2.05) is 0 Å². The summed E-state index contributed by atoms with van der Waals surface area (Å²) >= 11 is 0. The second kappa shape index (κ2) is 6.42. The third-order valence-corrected chi connectivity index (χ3v) is 3.30. The highest BCUT2D eigenvalue weighted by Crippen LogP contribution is 2.32. The van der Waals surface area contributed by atoms with E-state index in [4.69, 9.17) is 4.74 Å². The van der Waals surface area contributed by atoms with Crippen molar-refractivity contribution in [2.24, 2.45) is 11.8 Å². The Hall–Kier alpha value is -0.320. The van der Waals surface area contributed by atoms with Gasteiger partial charge in [-0.3, -0.25) is 4.79 Å². The smallest absolute Gasteiger partial charge is 0.224 e. The van der Waals surface area contributed by atoms with Crippen LogP contribution in [0, 0.1) is 11.8 Å². The van der Waals surface area contributed by atoms with Crippen molar-refractivity contribution in [1.29, 1.82) is 0 Å². The second-order valence-corrected chi connectivity index (χ2v) is 4.60. The van der Waals surface area contributed by atoms with E-state index in [1.54, 1.807) is 7.11 Å². The van der Waals surface area contributed by atoms with Gasteiger partial charge < -0.3 is 15.4 Å². The lowest BCUT2D eigenvalue weighted by Gasteiger charge is -2.19. The van der Waals surface area contributed by atoms with Gasteiger partial charge >= 0.3 is 0 Å². The van der Waals surface area contributed by atoms with E-state index in [-0.39, 0.29) is 30.3 Å². The third-order valence-electron chi connectivity index (χ3n) is 3.30. The Morgan fingerprint density at radius 1 is 1.50 bits per heavy atom. The predicted octanol–water partition coefficient (Wildman–Crippen LogP) is 0.559. The summed E-state index contributed by atoms with van der Waals surface area (Å²) in [7, 11) is 1.69. The van der Waals surface area contributed by atoms with Crippen LogP contribution in [0.5, 0.6) is 0 Å². The van der Waals surface area contributed by atoms with Gasteiger partial charge in [-0.2, -0.15) is 0 Å². The highest BCUT2D eigenvalue weighted by atomic mass is 35.5. The fraction of sp³-hybridized carbons (Fsp3) is 0.909. The van der Waals surface area contributed by atoms with Gasteiger partial charge in [0, 0.05) is 13.7 Å². The monoisotopic (exact) mass is 248 g/mol. The molecule has 5 heteroatoms. The molecule has 1 unspecified atom stereocenters. The first-order chi connectivity index (χ1) is 7.31. The lowest BCUT2D eigenvalue weighted by atomic mass is 10.1. The Morgan fingerprint density at radius 2 is 2.25 bits per heavy atom. The van der Waals surface area contributed by atoms with Crippen LogP contribution in [0.15, 0.2) is 0 Å². The molecule has 2 fully saturated rings. The van der Waals surface area contributed by atoms with E-state index < -0.39 is 0 Å². The van der Waals surface area contributed by atoms with Gasteiger partial charge in [0.25, 0.3) is 0 Å². The first-order valence-electron chi connectivity index (χ1n) is 5.81. The van der Waals surface area contributed by atoms with Crippen LogP contribution in [-0.4, -0.2) is 38.8 Å². The van der Waals surface area contributed by atoms with Crippen LogP contribution in [0.1, 0.15) is 19.3 Å². The van der Waals surface area contributed by atoms with E-state index in [1.165, 1.54) is 12.8 Å². The molecule has 2 rings (SSSR count). The van der Waals surface area contributed by atoms with Crippen LogP contribution in [0.3, 0.4) is 0 Å². The average Bonchev–Trinajstić information content (AvgIpc) is 2.92. The number of hydrogen-bond donors (Lipinski definition) is 2. The maximum Gasteiger partial charge on any atom is 0.224 e. The van der Waals surface area contributed by atoms with Crippen LogP contribution in [-0.2, 0) is 9.53 Å². The number of ether oxygens (including phenoxy) is 1. The minimum Gasteiger partial charge on any atom is -0.383 e. The lowest BCUT2D eigenvalue weighted by Crippen LogP contribution is -2.43. The van der Waals surface area contributed by atoms with Crippen molar-refractivity contribution in [3.05, 3.63) is 0 Å². The van der Waals surface area contributed by atoms with Gasteiger partial charge in [-0.1, -0.05) is 0 Å². The zero-order valence-corrected chi connectivity index (χ0v) is 10.5. The Bertz CT molecular complexity index is 228. The molecule has 16 heavy (non-hydrogen) atoms. The summed E-state index contributed by atoms with van der Waals surface area (Å²) in [6.45, 7) is 2.45. The molecule has 1 saturated heterocycles. The van der Waals surface area contributed by atoms with Gasteiger partial charge in [-0.15, -0.1) is 12.4 Å². The van der Waals surface area contributed by atoms with E-state index in [0.29, 0.717) is 12.5 Å². The first kappa shape index (κ1) is 13.7. The molecule has 2 N–H and O–H groups in total. The molecule has 2 atom stereocenters. The first-order valence-corrected chi connectivity index (χ1v) is 5.81. The summed E-state index contributed by atoms with van der Waals surface area (Å²) in [5, 5.41) is 6.33. The molecule has 1 amide bonds. The van der Waals surface area contributed by atoms with Gasteiger partial charge in [0.2, 0.25) is 5.91 Å². The Balaban J connectivity index is 0.00000128. The van der Waals surface area contributed by atoms with Crippen molar-refractivity contribution in [1.82, 2.24) is 10.6 Å². The zero-order valence-electron chi connectivity index (χ0n) is 9.70. The maximum atomic E-state index is 11.9. The quantitative estimate of drug-likeness (QED) is 0.748. The SMILES string of the molecule is COCC(NC(=O)[C@H]1CCNC1)C1CC1.Cl. The second-order valence-electron chi connectivity index (χ2n) is 4.60. The summed E-state index contributed by atoms with van der Waals surface area (Å²) in [5.74, 6) is 1.03. The topological polar surface area (TPSA) is 50.4 Å². The number of amides is 1. The van der Waals surface area contributed by atoms with Crippen LogP contribution in [0.4, 0.5) is 0 Å². The minimum absolute atomic E-state index is 0. The molecule has 0 aromatic carbocycles. The van der Waals surface area contributed by atoms with Gasteiger partial charge in [0.1, 0.15) is 0 Å². The molecule has 2 aliphatic rings. The molecular formula is C11H21ClN2O2. The Labute approximate surface area is 103 Å². The summed E-state index contributed by atoms with van der Waals surface area (Å²) in [6, 6.07) is 0.239. The Kier molecular flexibility index (Phi) is 5.52. The zero-order chi connectivity index (χ0) is 10.7. The number of hydrogen-bond acceptors (Lipinski definition) is 3. The molecule has 1 heterocycles. The van der Waals surface area contributed by atoms with Crippen molar-refractivity contribution in [3.63, 3.8) is 0 Å². The summed E-state index contributed by atoms with van der Waals surface area (Å²) in [5.41, 5.74) is 0. The van der Waals surface area contributed by atoms with Crippen LogP contribution in [0.2, 0.25) is 0 Å². The molecule has 0 spiro atoms. The van der Waals surface area contributed by atoms with Crippen molar-refractivity contribution in [2.75, 3.05) is 26.8 Å². The fourth-order valence-corrected chi connectivity index (χ4v) is 2.15. The third kappa shape index (κ3) is 3.61. The summed E-state index contributed by atoms with van der Waals surface area (Å²) in [6.07, 6.45) is 3.44.